The average molecular weight is 297 g/mol. The summed E-state index contributed by atoms with van der Waals surface area (Å²) in [4.78, 5) is 5.83. The summed E-state index contributed by atoms with van der Waals surface area (Å²) in [5, 5.41) is 4.07. The highest BCUT2D eigenvalue weighted by molar-refractivity contribution is 9.10. The summed E-state index contributed by atoms with van der Waals surface area (Å²) >= 11 is 5.26. The van der Waals surface area contributed by atoms with E-state index in [9.17, 15) is 0 Å². The summed E-state index contributed by atoms with van der Waals surface area (Å²) in [6.45, 7) is 2.12. The van der Waals surface area contributed by atoms with Crippen LogP contribution in [0.25, 0.3) is 0 Å². The topological polar surface area (TPSA) is 24.9 Å². The molecule has 2 aromatic rings. The Labute approximate surface area is 108 Å². The summed E-state index contributed by atoms with van der Waals surface area (Å²) in [5.41, 5.74) is 2.43. The third-order valence-electron chi connectivity index (χ3n) is 2.42. The highest BCUT2D eigenvalue weighted by Gasteiger charge is 2.08. The number of anilines is 1. The van der Waals surface area contributed by atoms with Crippen LogP contribution in [0.2, 0.25) is 0 Å². The molecule has 0 atom stereocenters. The van der Waals surface area contributed by atoms with Crippen molar-refractivity contribution >= 4 is 32.4 Å². The van der Waals surface area contributed by atoms with Crippen LogP contribution in [-0.4, -0.2) is 12.0 Å². The quantitative estimate of drug-likeness (QED) is 0.931. The normalized spacial score (nSPS) is 10.4. The Kier molecular flexibility index (Phi) is 3.61. The molecule has 1 N–H and O–H groups in total. The number of halogens is 1. The van der Waals surface area contributed by atoms with Gasteiger partial charge in [0, 0.05) is 22.8 Å². The minimum atomic E-state index is 0.880. The lowest BCUT2D eigenvalue weighted by atomic mass is 10.1. The molecule has 0 spiro atoms. The first kappa shape index (κ1) is 11.6. The fourth-order valence-electron chi connectivity index (χ4n) is 1.52. The molecule has 16 heavy (non-hydrogen) atoms. The van der Waals surface area contributed by atoms with Crippen molar-refractivity contribution in [1.29, 1.82) is 0 Å². The molecule has 0 bridgehead atoms. The van der Waals surface area contributed by atoms with Gasteiger partial charge in [0.25, 0.3) is 0 Å². The first-order chi connectivity index (χ1) is 7.70. The van der Waals surface area contributed by atoms with Gasteiger partial charge in [0.2, 0.25) is 0 Å². The Hall–Kier alpha value is -0.870. The van der Waals surface area contributed by atoms with Crippen molar-refractivity contribution in [2.75, 3.05) is 12.4 Å². The molecular formula is C12H13BrN2S. The fraction of sp³-hybridized carbons (Fsp3) is 0.250. The van der Waals surface area contributed by atoms with Gasteiger partial charge >= 0.3 is 0 Å². The number of hydrogen-bond donors (Lipinski definition) is 1. The molecule has 2 nitrogen and oxygen atoms in total. The second kappa shape index (κ2) is 4.97. The average Bonchev–Trinajstić information content (AvgIpc) is 2.63. The molecule has 4 heteroatoms. The highest BCUT2D eigenvalue weighted by Crippen LogP contribution is 2.26. The Balaban J connectivity index is 2.27. The molecule has 0 aliphatic rings. The van der Waals surface area contributed by atoms with E-state index in [1.54, 1.807) is 11.3 Å². The zero-order valence-corrected chi connectivity index (χ0v) is 11.7. The van der Waals surface area contributed by atoms with E-state index in [-0.39, 0.29) is 0 Å². The molecule has 1 aromatic heterocycles. The SMILES string of the molecule is CNc1nc(Cc2ccccc2Br)c(C)s1. The third kappa shape index (κ3) is 2.44. The van der Waals surface area contributed by atoms with E-state index in [1.165, 1.54) is 10.4 Å². The minimum absolute atomic E-state index is 0.880. The molecular weight excluding hydrogens is 284 g/mol. The smallest absolute Gasteiger partial charge is 0.182 e. The highest BCUT2D eigenvalue weighted by atomic mass is 79.9. The second-order valence-corrected chi connectivity index (χ2v) is 5.60. The number of hydrogen-bond acceptors (Lipinski definition) is 3. The summed E-state index contributed by atoms with van der Waals surface area (Å²) in [6.07, 6.45) is 0.880. The number of rotatable bonds is 3. The maximum absolute atomic E-state index is 4.55. The number of nitrogens with zero attached hydrogens (tertiary/aromatic N) is 1. The maximum atomic E-state index is 4.55. The predicted molar refractivity (Wildman–Crippen MR) is 73.3 cm³/mol. The number of aromatic nitrogens is 1. The Morgan fingerprint density at radius 2 is 2.12 bits per heavy atom. The van der Waals surface area contributed by atoms with Crippen molar-refractivity contribution in [3.05, 3.63) is 44.9 Å². The van der Waals surface area contributed by atoms with Crippen molar-refractivity contribution in [2.45, 2.75) is 13.3 Å². The van der Waals surface area contributed by atoms with Crippen LogP contribution in [0.4, 0.5) is 5.13 Å². The lowest BCUT2D eigenvalue weighted by Gasteiger charge is -2.02. The van der Waals surface area contributed by atoms with E-state index in [2.05, 4.69) is 51.4 Å². The number of aryl methyl sites for hydroxylation is 1. The van der Waals surface area contributed by atoms with E-state index in [1.807, 2.05) is 13.1 Å². The fourth-order valence-corrected chi connectivity index (χ4v) is 2.73. The summed E-state index contributed by atoms with van der Waals surface area (Å²) < 4.78 is 1.15. The molecule has 0 saturated carbocycles. The molecule has 0 fully saturated rings. The van der Waals surface area contributed by atoms with Crippen LogP contribution in [0, 0.1) is 6.92 Å². The lowest BCUT2D eigenvalue weighted by molar-refractivity contribution is 1.08. The van der Waals surface area contributed by atoms with E-state index < -0.39 is 0 Å². The Bertz CT molecular complexity index is 494. The zero-order valence-electron chi connectivity index (χ0n) is 9.25. The van der Waals surface area contributed by atoms with Crippen LogP contribution >= 0.6 is 27.3 Å². The molecule has 0 amide bonds. The van der Waals surface area contributed by atoms with E-state index in [0.29, 0.717) is 0 Å². The maximum Gasteiger partial charge on any atom is 0.182 e. The predicted octanol–water partition coefficient (Wildman–Crippen LogP) is 3.85. The first-order valence-corrected chi connectivity index (χ1v) is 6.69. The Morgan fingerprint density at radius 1 is 1.38 bits per heavy atom. The van der Waals surface area contributed by atoms with Gasteiger partial charge in [0.15, 0.2) is 5.13 Å². The van der Waals surface area contributed by atoms with E-state index in [4.69, 9.17) is 0 Å². The molecule has 1 aromatic carbocycles. The minimum Gasteiger partial charge on any atom is -0.365 e. The summed E-state index contributed by atoms with van der Waals surface area (Å²) in [6, 6.07) is 8.28. The monoisotopic (exact) mass is 296 g/mol. The Morgan fingerprint density at radius 3 is 2.75 bits per heavy atom. The van der Waals surface area contributed by atoms with Crippen LogP contribution in [0.3, 0.4) is 0 Å². The van der Waals surface area contributed by atoms with Gasteiger partial charge in [-0.05, 0) is 18.6 Å². The van der Waals surface area contributed by atoms with Gasteiger partial charge in [-0.2, -0.15) is 0 Å². The zero-order chi connectivity index (χ0) is 11.5. The summed E-state index contributed by atoms with van der Waals surface area (Å²) in [5.74, 6) is 0. The van der Waals surface area contributed by atoms with E-state index in [0.717, 1.165) is 21.7 Å². The summed E-state index contributed by atoms with van der Waals surface area (Å²) in [7, 11) is 1.90. The molecule has 0 radical (unpaired) electrons. The van der Waals surface area contributed by atoms with Gasteiger partial charge in [-0.3, -0.25) is 0 Å². The molecule has 0 unspecified atom stereocenters. The van der Waals surface area contributed by atoms with Crippen molar-refractivity contribution in [1.82, 2.24) is 4.98 Å². The molecule has 84 valence electrons. The number of thiazole rings is 1. The third-order valence-corrected chi connectivity index (χ3v) is 4.23. The van der Waals surface area contributed by atoms with Crippen molar-refractivity contribution < 1.29 is 0 Å². The van der Waals surface area contributed by atoms with Crippen LogP contribution in [0.15, 0.2) is 28.7 Å². The number of nitrogens with one attached hydrogen (secondary N) is 1. The van der Waals surface area contributed by atoms with Crippen molar-refractivity contribution in [3.63, 3.8) is 0 Å². The number of benzene rings is 1. The second-order valence-electron chi connectivity index (χ2n) is 3.54. The van der Waals surface area contributed by atoms with Crippen molar-refractivity contribution in [2.24, 2.45) is 0 Å². The molecule has 0 saturated heterocycles. The van der Waals surface area contributed by atoms with Crippen LogP contribution < -0.4 is 5.32 Å². The van der Waals surface area contributed by atoms with Gasteiger partial charge in [-0.15, -0.1) is 11.3 Å². The lowest BCUT2D eigenvalue weighted by Crippen LogP contribution is -1.93. The first-order valence-electron chi connectivity index (χ1n) is 5.08. The van der Waals surface area contributed by atoms with Gasteiger partial charge < -0.3 is 5.32 Å². The van der Waals surface area contributed by atoms with Crippen LogP contribution in [0.5, 0.6) is 0 Å². The molecule has 0 aliphatic heterocycles. The molecule has 0 aliphatic carbocycles. The molecule has 1 heterocycles. The van der Waals surface area contributed by atoms with Crippen LogP contribution in [-0.2, 0) is 6.42 Å². The van der Waals surface area contributed by atoms with E-state index >= 15 is 0 Å². The van der Waals surface area contributed by atoms with Gasteiger partial charge in [0.1, 0.15) is 0 Å². The van der Waals surface area contributed by atoms with Gasteiger partial charge in [0.05, 0.1) is 5.69 Å². The largest absolute Gasteiger partial charge is 0.365 e. The van der Waals surface area contributed by atoms with Gasteiger partial charge in [-0.25, -0.2) is 4.98 Å². The standard InChI is InChI=1S/C12H13BrN2S/c1-8-11(15-12(14-2)16-8)7-9-5-3-4-6-10(9)13/h3-6H,7H2,1-2H3,(H,14,15). The van der Waals surface area contributed by atoms with Crippen molar-refractivity contribution in [3.8, 4) is 0 Å². The van der Waals surface area contributed by atoms with Crippen LogP contribution in [0.1, 0.15) is 16.1 Å². The molecule has 2 rings (SSSR count). The van der Waals surface area contributed by atoms with Gasteiger partial charge in [-0.1, -0.05) is 34.1 Å².